The van der Waals surface area contributed by atoms with Gasteiger partial charge < -0.3 is 9.30 Å². The minimum atomic E-state index is -0.475. The molecule has 0 N–H and O–H groups in total. The first-order valence-electron chi connectivity index (χ1n) is 16.9. The number of hydrogen-bond donors (Lipinski definition) is 0. The predicted molar refractivity (Wildman–Crippen MR) is 201 cm³/mol. The maximum atomic E-state index is 6.67. The second kappa shape index (κ2) is 9.82. The number of para-hydroxylation sites is 2. The molecular weight excluding hydrogens is 595 g/mol. The smallest absolute Gasteiger partial charge is 0.132 e. The van der Waals surface area contributed by atoms with E-state index in [1.54, 1.807) is 0 Å². The maximum Gasteiger partial charge on any atom is 0.132 e. The Bertz CT molecular complexity index is 2760. The van der Waals surface area contributed by atoms with Gasteiger partial charge in [-0.15, -0.1) is 0 Å². The highest BCUT2D eigenvalue weighted by molar-refractivity contribution is 6.18. The van der Waals surface area contributed by atoms with E-state index in [0.717, 1.165) is 17.2 Å². The van der Waals surface area contributed by atoms with Crippen LogP contribution >= 0.6 is 0 Å². The third-order valence-corrected chi connectivity index (χ3v) is 10.9. The number of aromatic nitrogens is 1. The molecule has 11 rings (SSSR count). The Morgan fingerprint density at radius 3 is 1.82 bits per heavy atom. The van der Waals surface area contributed by atoms with E-state index in [9.17, 15) is 0 Å². The number of fused-ring (bicyclic) bond motifs is 14. The van der Waals surface area contributed by atoms with Crippen LogP contribution in [-0.2, 0) is 5.41 Å². The van der Waals surface area contributed by atoms with Crippen molar-refractivity contribution in [2.75, 3.05) is 0 Å². The molecule has 1 aliphatic heterocycles. The van der Waals surface area contributed by atoms with E-state index in [2.05, 4.69) is 180 Å². The first kappa shape index (κ1) is 26.7. The lowest BCUT2D eigenvalue weighted by molar-refractivity contribution is 0.436. The molecule has 0 fully saturated rings. The summed E-state index contributed by atoms with van der Waals surface area (Å²) >= 11 is 0. The first-order valence-corrected chi connectivity index (χ1v) is 16.9. The Kier molecular flexibility index (Phi) is 5.34. The zero-order chi connectivity index (χ0) is 32.1. The quantitative estimate of drug-likeness (QED) is 0.187. The first-order chi connectivity index (χ1) is 24.3. The van der Waals surface area contributed by atoms with E-state index in [1.165, 1.54) is 77.1 Å². The minimum Gasteiger partial charge on any atom is -0.457 e. The number of benzene rings is 8. The summed E-state index contributed by atoms with van der Waals surface area (Å²) in [5.41, 5.74) is 13.0. The standard InChI is InChI=1S/C47H29NO/c1-2-12-34-31(11-1)23-27-38-37-15-5-9-19-43(37)48(46(34)38)33-25-21-30(22-26-33)32-24-28-45-42(29-32)47(41-18-8-10-20-44(41)49-45)39-16-6-3-13-35(39)36-14-4-7-17-40(36)47/h1-29H. The van der Waals surface area contributed by atoms with Gasteiger partial charge in [0.25, 0.3) is 0 Å². The lowest BCUT2D eigenvalue weighted by Crippen LogP contribution is -2.32. The summed E-state index contributed by atoms with van der Waals surface area (Å²) in [5.74, 6) is 1.82. The molecule has 8 aromatic carbocycles. The van der Waals surface area contributed by atoms with Crippen LogP contribution in [0.3, 0.4) is 0 Å². The van der Waals surface area contributed by atoms with Crippen molar-refractivity contribution in [1.29, 1.82) is 0 Å². The number of nitrogens with zero attached hydrogens (tertiary/aromatic N) is 1. The maximum absolute atomic E-state index is 6.67. The van der Waals surface area contributed by atoms with Crippen LogP contribution in [0.25, 0.3) is 60.5 Å². The molecule has 2 heteroatoms. The zero-order valence-corrected chi connectivity index (χ0v) is 26.6. The van der Waals surface area contributed by atoms with Crippen molar-refractivity contribution in [3.05, 3.63) is 198 Å². The topological polar surface area (TPSA) is 14.2 Å². The van der Waals surface area contributed by atoms with E-state index in [-0.39, 0.29) is 0 Å². The van der Waals surface area contributed by atoms with Gasteiger partial charge in [0.1, 0.15) is 11.5 Å². The van der Waals surface area contributed by atoms with Crippen LogP contribution in [-0.4, -0.2) is 4.57 Å². The molecule has 0 saturated carbocycles. The molecule has 1 aromatic heterocycles. The van der Waals surface area contributed by atoms with Crippen molar-refractivity contribution in [3.8, 4) is 39.4 Å². The molecule has 0 bridgehead atoms. The number of hydrogen-bond acceptors (Lipinski definition) is 1. The highest BCUT2D eigenvalue weighted by Crippen LogP contribution is 2.62. The molecule has 2 nitrogen and oxygen atoms in total. The third-order valence-electron chi connectivity index (χ3n) is 10.9. The lowest BCUT2D eigenvalue weighted by atomic mass is 9.66. The Balaban J connectivity index is 1.11. The SMILES string of the molecule is c1ccc2c(c1)Oc1ccc(-c3ccc(-n4c5ccccc5c5ccc6ccccc6c54)cc3)cc1C21c2ccccc2-c2ccccc21. The highest BCUT2D eigenvalue weighted by Gasteiger charge is 2.50. The molecule has 1 spiro atoms. The summed E-state index contributed by atoms with van der Waals surface area (Å²) in [7, 11) is 0. The molecule has 0 atom stereocenters. The van der Waals surface area contributed by atoms with Crippen molar-refractivity contribution in [2.24, 2.45) is 0 Å². The van der Waals surface area contributed by atoms with E-state index in [0.29, 0.717) is 0 Å². The molecule has 1 aliphatic carbocycles. The summed E-state index contributed by atoms with van der Waals surface area (Å²) in [6.07, 6.45) is 0. The summed E-state index contributed by atoms with van der Waals surface area (Å²) in [5, 5.41) is 5.05. The molecule has 2 heterocycles. The van der Waals surface area contributed by atoms with Crippen LogP contribution in [0.5, 0.6) is 11.5 Å². The van der Waals surface area contributed by atoms with E-state index < -0.39 is 5.41 Å². The summed E-state index contributed by atoms with van der Waals surface area (Å²) < 4.78 is 9.09. The van der Waals surface area contributed by atoms with Gasteiger partial charge in [-0.05, 0) is 75.2 Å². The van der Waals surface area contributed by atoms with Crippen molar-refractivity contribution in [2.45, 2.75) is 5.41 Å². The van der Waals surface area contributed by atoms with Gasteiger partial charge in [-0.1, -0.05) is 140 Å². The summed E-state index contributed by atoms with van der Waals surface area (Å²) in [6, 6.07) is 64.1. The molecule has 49 heavy (non-hydrogen) atoms. The fraction of sp³-hybridized carbons (Fsp3) is 0.0213. The van der Waals surface area contributed by atoms with Gasteiger partial charge >= 0.3 is 0 Å². The Labute approximate surface area is 284 Å². The molecular formula is C47H29NO. The van der Waals surface area contributed by atoms with E-state index in [1.807, 2.05) is 0 Å². The van der Waals surface area contributed by atoms with Crippen LogP contribution in [0.2, 0.25) is 0 Å². The second-order valence-corrected chi connectivity index (χ2v) is 13.2. The van der Waals surface area contributed by atoms with Crippen LogP contribution < -0.4 is 4.74 Å². The van der Waals surface area contributed by atoms with Gasteiger partial charge in [-0.2, -0.15) is 0 Å². The van der Waals surface area contributed by atoms with Crippen molar-refractivity contribution in [1.82, 2.24) is 4.57 Å². The monoisotopic (exact) mass is 623 g/mol. The zero-order valence-electron chi connectivity index (χ0n) is 26.6. The lowest BCUT2D eigenvalue weighted by Gasteiger charge is -2.39. The van der Waals surface area contributed by atoms with Crippen molar-refractivity contribution >= 4 is 32.6 Å². The van der Waals surface area contributed by atoms with E-state index in [4.69, 9.17) is 4.74 Å². The second-order valence-electron chi connectivity index (χ2n) is 13.2. The Morgan fingerprint density at radius 1 is 0.408 bits per heavy atom. The van der Waals surface area contributed by atoms with Gasteiger partial charge in [0, 0.05) is 33.0 Å². The fourth-order valence-corrected chi connectivity index (χ4v) is 8.84. The molecule has 228 valence electrons. The Hall–Kier alpha value is -6.38. The van der Waals surface area contributed by atoms with Crippen LogP contribution in [0.15, 0.2) is 176 Å². The minimum absolute atomic E-state index is 0.475. The largest absolute Gasteiger partial charge is 0.457 e. The van der Waals surface area contributed by atoms with Crippen LogP contribution in [0, 0.1) is 0 Å². The van der Waals surface area contributed by atoms with E-state index >= 15 is 0 Å². The third kappa shape index (κ3) is 3.50. The van der Waals surface area contributed by atoms with Gasteiger partial charge in [0.2, 0.25) is 0 Å². The molecule has 2 aliphatic rings. The van der Waals surface area contributed by atoms with Gasteiger partial charge in [-0.3, -0.25) is 0 Å². The molecule has 0 unspecified atom stereocenters. The van der Waals surface area contributed by atoms with Crippen LogP contribution in [0.1, 0.15) is 22.3 Å². The average Bonchev–Trinajstić information content (AvgIpc) is 3.67. The highest BCUT2D eigenvalue weighted by atomic mass is 16.5. The molecule has 9 aromatic rings. The Morgan fingerprint density at radius 2 is 1.02 bits per heavy atom. The van der Waals surface area contributed by atoms with Gasteiger partial charge in [-0.25, -0.2) is 0 Å². The normalized spacial score (nSPS) is 13.6. The molecule has 0 saturated heterocycles. The van der Waals surface area contributed by atoms with Crippen LogP contribution in [0.4, 0.5) is 0 Å². The van der Waals surface area contributed by atoms with Gasteiger partial charge in [0.05, 0.1) is 16.4 Å². The fourth-order valence-electron chi connectivity index (χ4n) is 8.84. The van der Waals surface area contributed by atoms with Gasteiger partial charge in [0.15, 0.2) is 0 Å². The number of rotatable bonds is 2. The predicted octanol–water partition coefficient (Wildman–Crippen LogP) is 12.1. The molecule has 0 radical (unpaired) electrons. The van der Waals surface area contributed by atoms with Crippen molar-refractivity contribution in [3.63, 3.8) is 0 Å². The average molecular weight is 624 g/mol. The summed E-state index contributed by atoms with van der Waals surface area (Å²) in [6.45, 7) is 0. The number of ether oxygens (including phenoxy) is 1. The molecule has 0 amide bonds. The van der Waals surface area contributed by atoms with Crippen molar-refractivity contribution < 1.29 is 4.74 Å². The summed E-state index contributed by atoms with van der Waals surface area (Å²) in [4.78, 5) is 0.